The van der Waals surface area contributed by atoms with Crippen LogP contribution in [0.2, 0.25) is 0 Å². The number of hydrogen-bond acceptors (Lipinski definition) is 2. The maximum Gasteiger partial charge on any atom is 0.230 e. The Kier molecular flexibility index (Phi) is 4.59. The second kappa shape index (κ2) is 6.20. The molecular weight excluding hydrogens is 238 g/mol. The van der Waals surface area contributed by atoms with E-state index in [-0.39, 0.29) is 17.9 Å². The molecule has 0 bridgehead atoms. The number of hydrogen-bond donors (Lipinski definition) is 1. The molecule has 1 aliphatic rings. The van der Waals surface area contributed by atoms with Gasteiger partial charge in [0.2, 0.25) is 5.91 Å². The quantitative estimate of drug-likeness (QED) is 0.904. The van der Waals surface area contributed by atoms with E-state index in [1.165, 1.54) is 0 Å². The zero-order valence-electron chi connectivity index (χ0n) is 11.7. The minimum Gasteiger partial charge on any atom is -0.391 e. The van der Waals surface area contributed by atoms with Crippen LogP contribution in [0.15, 0.2) is 30.3 Å². The van der Waals surface area contributed by atoms with Gasteiger partial charge in [-0.1, -0.05) is 50.6 Å². The fourth-order valence-electron chi connectivity index (χ4n) is 2.75. The van der Waals surface area contributed by atoms with Crippen molar-refractivity contribution in [3.05, 3.63) is 35.9 Å². The van der Waals surface area contributed by atoms with E-state index in [1.807, 2.05) is 35.2 Å². The van der Waals surface area contributed by atoms with E-state index in [4.69, 9.17) is 0 Å². The van der Waals surface area contributed by atoms with Gasteiger partial charge in [0.25, 0.3) is 0 Å². The van der Waals surface area contributed by atoms with Gasteiger partial charge in [-0.05, 0) is 17.9 Å². The highest BCUT2D eigenvalue weighted by Gasteiger charge is 2.33. The average Bonchev–Trinajstić information content (AvgIpc) is 2.86. The molecule has 1 amide bonds. The summed E-state index contributed by atoms with van der Waals surface area (Å²) in [4.78, 5) is 14.5. The molecule has 0 aromatic heterocycles. The average molecular weight is 261 g/mol. The van der Waals surface area contributed by atoms with Crippen molar-refractivity contribution >= 4 is 5.91 Å². The van der Waals surface area contributed by atoms with Gasteiger partial charge in [-0.25, -0.2) is 0 Å². The molecule has 2 rings (SSSR count). The largest absolute Gasteiger partial charge is 0.391 e. The molecule has 1 saturated heterocycles. The van der Waals surface area contributed by atoms with Gasteiger partial charge >= 0.3 is 0 Å². The Labute approximate surface area is 115 Å². The lowest BCUT2D eigenvalue weighted by atomic mass is 9.84. The van der Waals surface area contributed by atoms with Crippen LogP contribution < -0.4 is 0 Å². The molecule has 1 heterocycles. The summed E-state index contributed by atoms with van der Waals surface area (Å²) in [6, 6.07) is 10.00. The molecule has 2 unspecified atom stereocenters. The summed E-state index contributed by atoms with van der Waals surface area (Å²) < 4.78 is 0. The van der Waals surface area contributed by atoms with E-state index in [2.05, 4.69) is 13.8 Å². The van der Waals surface area contributed by atoms with Crippen LogP contribution in [-0.2, 0) is 4.79 Å². The standard InChI is InChI=1S/C16H23NO2/c1-3-12(2)15(13-7-5-4-6-8-13)16(19)17-10-9-14(18)11-17/h4-8,12,14-15,18H,3,9-11H2,1-2H3/t12?,14-,15?/m1/s1. The molecule has 0 aliphatic carbocycles. The molecule has 3 atom stereocenters. The molecule has 104 valence electrons. The lowest BCUT2D eigenvalue weighted by Crippen LogP contribution is -2.36. The van der Waals surface area contributed by atoms with Crippen molar-refractivity contribution in [2.24, 2.45) is 5.92 Å². The first-order chi connectivity index (χ1) is 9.13. The molecule has 1 fully saturated rings. The molecule has 1 aliphatic heterocycles. The fraction of sp³-hybridized carbons (Fsp3) is 0.562. The maximum atomic E-state index is 12.7. The molecule has 3 nitrogen and oxygen atoms in total. The highest BCUT2D eigenvalue weighted by Crippen LogP contribution is 2.30. The van der Waals surface area contributed by atoms with Crippen molar-refractivity contribution in [1.29, 1.82) is 0 Å². The predicted molar refractivity (Wildman–Crippen MR) is 75.8 cm³/mol. The molecule has 0 saturated carbocycles. The Morgan fingerprint density at radius 3 is 2.63 bits per heavy atom. The highest BCUT2D eigenvalue weighted by atomic mass is 16.3. The summed E-state index contributed by atoms with van der Waals surface area (Å²) in [7, 11) is 0. The summed E-state index contributed by atoms with van der Waals surface area (Å²) in [5.41, 5.74) is 1.09. The van der Waals surface area contributed by atoms with Crippen molar-refractivity contribution in [1.82, 2.24) is 4.90 Å². The minimum absolute atomic E-state index is 0.0866. The third-order valence-electron chi connectivity index (χ3n) is 4.11. The van der Waals surface area contributed by atoms with Crippen molar-refractivity contribution < 1.29 is 9.90 Å². The van der Waals surface area contributed by atoms with Crippen molar-refractivity contribution in [3.8, 4) is 0 Å². The van der Waals surface area contributed by atoms with Crippen LogP contribution in [0.4, 0.5) is 0 Å². The number of carbonyl (C=O) groups excluding carboxylic acids is 1. The van der Waals surface area contributed by atoms with E-state index in [1.54, 1.807) is 0 Å². The highest BCUT2D eigenvalue weighted by molar-refractivity contribution is 5.84. The molecule has 3 heteroatoms. The zero-order valence-corrected chi connectivity index (χ0v) is 11.7. The van der Waals surface area contributed by atoms with Crippen LogP contribution in [0.5, 0.6) is 0 Å². The number of amides is 1. The molecule has 1 aromatic rings. The van der Waals surface area contributed by atoms with Gasteiger partial charge < -0.3 is 10.0 Å². The second-order valence-corrected chi connectivity index (χ2v) is 5.50. The van der Waals surface area contributed by atoms with Crippen LogP contribution in [-0.4, -0.2) is 35.1 Å². The second-order valence-electron chi connectivity index (χ2n) is 5.50. The summed E-state index contributed by atoms with van der Waals surface area (Å²) in [6.07, 6.45) is 1.33. The van der Waals surface area contributed by atoms with Gasteiger partial charge in [-0.15, -0.1) is 0 Å². The third-order valence-corrected chi connectivity index (χ3v) is 4.11. The molecular formula is C16H23NO2. The lowest BCUT2D eigenvalue weighted by Gasteiger charge is -2.27. The molecule has 0 radical (unpaired) electrons. The van der Waals surface area contributed by atoms with Gasteiger partial charge in [0.15, 0.2) is 0 Å². The number of nitrogens with zero attached hydrogens (tertiary/aromatic N) is 1. The predicted octanol–water partition coefficient (Wildman–Crippen LogP) is 2.41. The first kappa shape index (κ1) is 14.1. The van der Waals surface area contributed by atoms with Crippen LogP contribution in [0.3, 0.4) is 0 Å². The Morgan fingerprint density at radius 2 is 2.11 bits per heavy atom. The van der Waals surface area contributed by atoms with E-state index in [0.29, 0.717) is 25.4 Å². The topological polar surface area (TPSA) is 40.5 Å². The number of β-amino-alcohol motifs (C(OH)–C–C–N with tert-alkyl or cyclic N) is 1. The Morgan fingerprint density at radius 1 is 1.42 bits per heavy atom. The Balaban J connectivity index is 2.21. The summed E-state index contributed by atoms with van der Waals surface area (Å²) in [6.45, 7) is 5.41. The van der Waals surface area contributed by atoms with Gasteiger partial charge in [-0.3, -0.25) is 4.79 Å². The van der Waals surface area contributed by atoms with Crippen molar-refractivity contribution in [2.45, 2.75) is 38.7 Å². The van der Waals surface area contributed by atoms with Gasteiger partial charge in [0, 0.05) is 13.1 Å². The first-order valence-corrected chi connectivity index (χ1v) is 7.15. The smallest absolute Gasteiger partial charge is 0.230 e. The maximum absolute atomic E-state index is 12.7. The Hall–Kier alpha value is -1.35. The van der Waals surface area contributed by atoms with Crippen LogP contribution >= 0.6 is 0 Å². The van der Waals surface area contributed by atoms with Crippen molar-refractivity contribution in [3.63, 3.8) is 0 Å². The van der Waals surface area contributed by atoms with E-state index in [9.17, 15) is 9.90 Å². The van der Waals surface area contributed by atoms with Crippen LogP contribution in [0.25, 0.3) is 0 Å². The van der Waals surface area contributed by atoms with Gasteiger partial charge in [-0.2, -0.15) is 0 Å². The SMILES string of the molecule is CCC(C)C(C(=O)N1CC[C@@H](O)C1)c1ccccc1. The van der Waals surface area contributed by atoms with Gasteiger partial charge in [0.1, 0.15) is 0 Å². The van der Waals surface area contributed by atoms with Gasteiger partial charge in [0.05, 0.1) is 12.0 Å². The summed E-state index contributed by atoms with van der Waals surface area (Å²) >= 11 is 0. The van der Waals surface area contributed by atoms with Crippen LogP contribution in [0.1, 0.15) is 38.2 Å². The zero-order chi connectivity index (χ0) is 13.8. The first-order valence-electron chi connectivity index (χ1n) is 7.15. The summed E-state index contributed by atoms with van der Waals surface area (Å²) in [5.74, 6) is 0.390. The number of carbonyl (C=O) groups is 1. The minimum atomic E-state index is -0.350. The number of likely N-dealkylation sites (tertiary alicyclic amines) is 1. The lowest BCUT2D eigenvalue weighted by molar-refractivity contribution is -0.133. The molecule has 19 heavy (non-hydrogen) atoms. The van der Waals surface area contributed by atoms with Crippen molar-refractivity contribution in [2.75, 3.05) is 13.1 Å². The monoisotopic (exact) mass is 261 g/mol. The summed E-state index contributed by atoms with van der Waals surface area (Å²) in [5, 5.41) is 9.60. The molecule has 0 spiro atoms. The molecule has 1 N–H and O–H groups in total. The normalized spacial score (nSPS) is 22.3. The third kappa shape index (κ3) is 3.16. The van der Waals surface area contributed by atoms with E-state index >= 15 is 0 Å². The van der Waals surface area contributed by atoms with E-state index < -0.39 is 0 Å². The van der Waals surface area contributed by atoms with E-state index in [0.717, 1.165) is 12.0 Å². The number of rotatable bonds is 4. The number of aliphatic hydroxyl groups is 1. The molecule has 1 aromatic carbocycles. The number of benzene rings is 1. The fourth-order valence-corrected chi connectivity index (χ4v) is 2.75. The Bertz CT molecular complexity index is 418. The number of aliphatic hydroxyl groups excluding tert-OH is 1. The van der Waals surface area contributed by atoms with Crippen LogP contribution in [0, 0.1) is 5.92 Å².